The molecule has 1 aromatic rings. The number of carbonyl (C=O) groups excluding carboxylic acids is 1. The van der Waals surface area contributed by atoms with Gasteiger partial charge in [-0.2, -0.15) is 0 Å². The summed E-state index contributed by atoms with van der Waals surface area (Å²) in [5.74, 6) is -0.00998. The third-order valence-electron chi connectivity index (χ3n) is 2.30. The Morgan fingerprint density at radius 1 is 1.40 bits per heavy atom. The molecule has 1 heterocycles. The minimum absolute atomic E-state index is 0.00998. The van der Waals surface area contributed by atoms with Crippen molar-refractivity contribution in [2.24, 2.45) is 0 Å². The normalized spacial score (nSPS) is 21.2. The maximum atomic E-state index is 11.6. The average Bonchev–Trinajstić information content (AvgIpc) is 2.23. The van der Waals surface area contributed by atoms with Crippen molar-refractivity contribution in [3.05, 3.63) is 33.3 Å². The fourth-order valence-corrected chi connectivity index (χ4v) is 2.24. The first kappa shape index (κ1) is 10.9. The number of rotatable bonds is 1. The highest BCUT2D eigenvalue weighted by atomic mass is 79.9. The van der Waals surface area contributed by atoms with Crippen molar-refractivity contribution >= 4 is 33.4 Å². The summed E-state index contributed by atoms with van der Waals surface area (Å²) in [5.41, 5.74) is 0.875. The van der Waals surface area contributed by atoms with Gasteiger partial charge in [-0.15, -0.1) is 0 Å². The lowest BCUT2D eigenvalue weighted by Crippen LogP contribution is -2.47. The minimum Gasteiger partial charge on any atom is -0.353 e. The molecule has 1 aliphatic heterocycles. The number of benzene rings is 1. The summed E-state index contributed by atoms with van der Waals surface area (Å²) in [6.45, 7) is 1.45. The predicted octanol–water partition coefficient (Wildman–Crippen LogP) is 1.86. The van der Waals surface area contributed by atoms with E-state index in [1.807, 2.05) is 6.07 Å². The lowest BCUT2D eigenvalue weighted by molar-refractivity contribution is -0.124. The first-order valence-corrected chi connectivity index (χ1v) is 5.81. The summed E-state index contributed by atoms with van der Waals surface area (Å²) in [6, 6.07) is 5.12. The first-order chi connectivity index (χ1) is 7.18. The molecule has 1 fully saturated rings. The highest BCUT2D eigenvalue weighted by Crippen LogP contribution is 2.27. The van der Waals surface area contributed by atoms with Crippen LogP contribution < -0.4 is 10.6 Å². The highest BCUT2D eigenvalue weighted by Gasteiger charge is 2.24. The Hall–Kier alpha value is -0.580. The van der Waals surface area contributed by atoms with Crippen LogP contribution in [0.2, 0.25) is 5.02 Å². The van der Waals surface area contributed by atoms with Gasteiger partial charge in [0.25, 0.3) is 0 Å². The van der Waals surface area contributed by atoms with E-state index in [-0.39, 0.29) is 11.9 Å². The zero-order chi connectivity index (χ0) is 10.8. The van der Waals surface area contributed by atoms with E-state index < -0.39 is 0 Å². The number of piperazine rings is 1. The van der Waals surface area contributed by atoms with E-state index in [0.29, 0.717) is 11.6 Å². The molecule has 1 saturated heterocycles. The van der Waals surface area contributed by atoms with E-state index in [0.717, 1.165) is 16.6 Å². The van der Waals surface area contributed by atoms with E-state index in [1.54, 1.807) is 12.1 Å². The summed E-state index contributed by atoms with van der Waals surface area (Å²) in [4.78, 5) is 11.6. The molecule has 0 aromatic heterocycles. The van der Waals surface area contributed by atoms with Crippen LogP contribution in [0.15, 0.2) is 22.7 Å². The molecule has 15 heavy (non-hydrogen) atoms. The predicted molar refractivity (Wildman–Crippen MR) is 62.9 cm³/mol. The van der Waals surface area contributed by atoms with Gasteiger partial charge in [0.2, 0.25) is 5.91 Å². The number of hydrogen-bond donors (Lipinski definition) is 2. The van der Waals surface area contributed by atoms with Crippen LogP contribution in [-0.2, 0) is 4.79 Å². The molecule has 2 N–H and O–H groups in total. The lowest BCUT2D eigenvalue weighted by atomic mass is 10.0. The van der Waals surface area contributed by atoms with Crippen LogP contribution in [0.4, 0.5) is 0 Å². The molecule has 1 aliphatic rings. The molecular formula is C10H10BrClN2O. The van der Waals surface area contributed by atoms with Crippen LogP contribution in [-0.4, -0.2) is 19.0 Å². The van der Waals surface area contributed by atoms with Gasteiger partial charge in [0.1, 0.15) is 6.04 Å². The van der Waals surface area contributed by atoms with E-state index in [9.17, 15) is 4.79 Å². The van der Waals surface area contributed by atoms with Crippen LogP contribution >= 0.6 is 27.5 Å². The second-order valence-corrected chi connectivity index (χ2v) is 4.63. The molecule has 80 valence electrons. The number of amides is 1. The van der Waals surface area contributed by atoms with E-state index in [4.69, 9.17) is 11.6 Å². The van der Waals surface area contributed by atoms with Crippen molar-refractivity contribution in [2.45, 2.75) is 6.04 Å². The standard InChI is InChI=1S/C10H10BrClN2O/c11-8-2-1-6(12)5-7(8)9-10(15)14-4-3-13-9/h1-2,5,9,13H,3-4H2,(H,14,15). The summed E-state index contributed by atoms with van der Waals surface area (Å²) >= 11 is 9.32. The van der Waals surface area contributed by atoms with Gasteiger partial charge in [-0.05, 0) is 23.8 Å². The van der Waals surface area contributed by atoms with Crippen LogP contribution in [0.25, 0.3) is 0 Å². The minimum atomic E-state index is -0.313. The number of hydrogen-bond acceptors (Lipinski definition) is 2. The van der Waals surface area contributed by atoms with Gasteiger partial charge in [0.15, 0.2) is 0 Å². The van der Waals surface area contributed by atoms with Crippen LogP contribution in [0, 0.1) is 0 Å². The van der Waals surface area contributed by atoms with Crippen molar-refractivity contribution in [1.82, 2.24) is 10.6 Å². The number of halogens is 2. The van der Waals surface area contributed by atoms with E-state index >= 15 is 0 Å². The number of carbonyl (C=O) groups is 1. The highest BCUT2D eigenvalue weighted by molar-refractivity contribution is 9.10. The Morgan fingerprint density at radius 3 is 2.93 bits per heavy atom. The molecule has 0 bridgehead atoms. The third-order valence-corrected chi connectivity index (χ3v) is 3.26. The Labute approximate surface area is 101 Å². The summed E-state index contributed by atoms with van der Waals surface area (Å²) in [7, 11) is 0. The maximum Gasteiger partial charge on any atom is 0.241 e. The van der Waals surface area contributed by atoms with Gasteiger partial charge < -0.3 is 10.6 Å². The Morgan fingerprint density at radius 2 is 2.20 bits per heavy atom. The van der Waals surface area contributed by atoms with Gasteiger partial charge in [-0.1, -0.05) is 27.5 Å². The molecule has 0 saturated carbocycles. The third kappa shape index (κ3) is 2.33. The topological polar surface area (TPSA) is 41.1 Å². The fourth-order valence-electron chi connectivity index (χ4n) is 1.58. The molecule has 1 unspecified atom stereocenters. The van der Waals surface area contributed by atoms with Crippen molar-refractivity contribution in [1.29, 1.82) is 0 Å². The largest absolute Gasteiger partial charge is 0.353 e. The molecule has 1 aromatic carbocycles. The molecule has 2 rings (SSSR count). The Kier molecular flexibility index (Phi) is 3.29. The van der Waals surface area contributed by atoms with Crippen LogP contribution in [0.5, 0.6) is 0 Å². The van der Waals surface area contributed by atoms with Crippen LogP contribution in [0.1, 0.15) is 11.6 Å². The van der Waals surface area contributed by atoms with Crippen molar-refractivity contribution < 1.29 is 4.79 Å². The van der Waals surface area contributed by atoms with Crippen molar-refractivity contribution in [2.75, 3.05) is 13.1 Å². The van der Waals surface area contributed by atoms with Gasteiger partial charge in [-0.25, -0.2) is 0 Å². The van der Waals surface area contributed by atoms with Gasteiger partial charge >= 0.3 is 0 Å². The molecule has 0 radical (unpaired) electrons. The smallest absolute Gasteiger partial charge is 0.241 e. The van der Waals surface area contributed by atoms with Gasteiger partial charge in [-0.3, -0.25) is 4.79 Å². The van der Waals surface area contributed by atoms with Gasteiger partial charge in [0.05, 0.1) is 0 Å². The van der Waals surface area contributed by atoms with Gasteiger partial charge in [0, 0.05) is 22.6 Å². The van der Waals surface area contributed by atoms with Crippen molar-refractivity contribution in [3.8, 4) is 0 Å². The molecule has 3 nitrogen and oxygen atoms in total. The molecular weight excluding hydrogens is 279 g/mol. The zero-order valence-corrected chi connectivity index (χ0v) is 10.2. The molecule has 1 amide bonds. The molecule has 1 atom stereocenters. The Balaban J connectivity index is 2.34. The summed E-state index contributed by atoms with van der Waals surface area (Å²) in [6.07, 6.45) is 0. The Bertz CT molecular complexity index is 397. The second kappa shape index (κ2) is 4.51. The molecule has 0 aliphatic carbocycles. The zero-order valence-electron chi connectivity index (χ0n) is 7.89. The summed E-state index contributed by atoms with van der Waals surface area (Å²) < 4.78 is 0.890. The van der Waals surface area contributed by atoms with E-state index in [2.05, 4.69) is 26.6 Å². The molecule has 0 spiro atoms. The van der Waals surface area contributed by atoms with Crippen LogP contribution in [0.3, 0.4) is 0 Å². The monoisotopic (exact) mass is 288 g/mol. The maximum absolute atomic E-state index is 11.6. The molecule has 5 heteroatoms. The average molecular weight is 290 g/mol. The SMILES string of the molecule is O=C1NCCNC1c1cc(Cl)ccc1Br. The fraction of sp³-hybridized carbons (Fsp3) is 0.300. The second-order valence-electron chi connectivity index (χ2n) is 3.34. The van der Waals surface area contributed by atoms with Crippen molar-refractivity contribution in [3.63, 3.8) is 0 Å². The lowest BCUT2D eigenvalue weighted by Gasteiger charge is -2.24. The quantitative estimate of drug-likeness (QED) is 0.828. The van der Waals surface area contributed by atoms with E-state index in [1.165, 1.54) is 0 Å². The summed E-state index contributed by atoms with van der Waals surface area (Å²) in [5, 5.41) is 6.60. The first-order valence-electron chi connectivity index (χ1n) is 4.64. The number of nitrogens with one attached hydrogen (secondary N) is 2.